The average Bonchev–Trinajstić information content (AvgIpc) is 2.44. The van der Waals surface area contributed by atoms with Gasteiger partial charge in [0.25, 0.3) is 0 Å². The van der Waals surface area contributed by atoms with Crippen molar-refractivity contribution < 1.29 is 34.0 Å². The van der Waals surface area contributed by atoms with Gasteiger partial charge in [-0.1, -0.05) is 27.7 Å². The Labute approximate surface area is 151 Å². The van der Waals surface area contributed by atoms with E-state index in [1.807, 2.05) is 6.92 Å². The molecule has 0 spiro atoms. The van der Waals surface area contributed by atoms with Crippen LogP contribution in [0.4, 0.5) is 4.79 Å². The van der Waals surface area contributed by atoms with Gasteiger partial charge in [-0.05, 0) is 25.7 Å². The minimum absolute atomic E-state index is 0.0602. The smallest absolute Gasteiger partial charge is 0.450 e. The first-order valence-corrected chi connectivity index (χ1v) is 8.80. The van der Waals surface area contributed by atoms with Crippen molar-refractivity contribution in [1.82, 2.24) is 0 Å². The second-order valence-electron chi connectivity index (χ2n) is 7.98. The normalized spacial score (nSPS) is 16.9. The third kappa shape index (κ3) is 13.0. The predicted molar refractivity (Wildman–Crippen MR) is 94.9 cm³/mol. The zero-order chi connectivity index (χ0) is 19.5. The summed E-state index contributed by atoms with van der Waals surface area (Å²) in [6, 6.07) is 0. The van der Waals surface area contributed by atoms with E-state index in [1.165, 1.54) is 0 Å². The molecule has 2 N–H and O–H groups in total. The Morgan fingerprint density at radius 3 is 1.92 bits per heavy atom. The van der Waals surface area contributed by atoms with Crippen molar-refractivity contribution in [2.75, 3.05) is 39.6 Å². The van der Waals surface area contributed by atoms with Gasteiger partial charge in [0.1, 0.15) is 6.10 Å². The molecule has 0 amide bonds. The fourth-order valence-corrected chi connectivity index (χ4v) is 2.10. The van der Waals surface area contributed by atoms with Crippen LogP contribution < -0.4 is 0 Å². The van der Waals surface area contributed by atoms with Gasteiger partial charge in [0.05, 0.1) is 45.7 Å². The van der Waals surface area contributed by atoms with Gasteiger partial charge in [0.2, 0.25) is 0 Å². The summed E-state index contributed by atoms with van der Waals surface area (Å²) in [4.78, 5) is 10.5. The van der Waals surface area contributed by atoms with Crippen LogP contribution in [0.1, 0.15) is 48.0 Å². The van der Waals surface area contributed by atoms with E-state index in [2.05, 4.69) is 25.5 Å². The molecule has 0 aliphatic rings. The quantitative estimate of drug-likeness (QED) is 0.485. The number of aliphatic hydroxyl groups is 1. The molecule has 25 heavy (non-hydrogen) atoms. The summed E-state index contributed by atoms with van der Waals surface area (Å²) in [5.74, 6) is 0. The zero-order valence-electron chi connectivity index (χ0n) is 16.5. The van der Waals surface area contributed by atoms with Crippen molar-refractivity contribution in [3.63, 3.8) is 0 Å². The summed E-state index contributed by atoms with van der Waals surface area (Å²) in [7, 11) is 0. The summed E-state index contributed by atoms with van der Waals surface area (Å²) in [6.07, 6.45) is -1.62. The van der Waals surface area contributed by atoms with Gasteiger partial charge < -0.3 is 29.2 Å². The molecule has 0 heterocycles. The van der Waals surface area contributed by atoms with Crippen molar-refractivity contribution >= 4 is 6.16 Å². The minimum Gasteiger partial charge on any atom is -0.450 e. The Bertz CT molecular complexity index is 365. The lowest BCUT2D eigenvalue weighted by atomic mass is 9.87. The Balaban J connectivity index is 4.63. The van der Waals surface area contributed by atoms with Crippen LogP contribution in [-0.4, -0.2) is 68.2 Å². The number of carboxylic acid groups (broad SMARTS) is 1. The van der Waals surface area contributed by atoms with Crippen LogP contribution in [0.5, 0.6) is 0 Å². The first-order valence-electron chi connectivity index (χ1n) is 8.80. The fourth-order valence-electron chi connectivity index (χ4n) is 2.10. The molecule has 7 nitrogen and oxygen atoms in total. The Morgan fingerprint density at radius 1 is 0.960 bits per heavy atom. The van der Waals surface area contributed by atoms with E-state index in [-0.39, 0.29) is 24.0 Å². The molecule has 0 bridgehead atoms. The van der Waals surface area contributed by atoms with Crippen LogP contribution in [-0.2, 0) is 18.9 Å². The van der Waals surface area contributed by atoms with Gasteiger partial charge in [-0.3, -0.25) is 0 Å². The Hall–Kier alpha value is -0.890. The SMILES string of the molecule is CCC(COCC(C)O)(COCC(C)OC(=O)O)COCC(C)(C)C. The maximum atomic E-state index is 10.5. The van der Waals surface area contributed by atoms with E-state index in [9.17, 15) is 9.90 Å². The molecule has 150 valence electrons. The molecule has 0 rings (SSSR count). The first-order chi connectivity index (χ1) is 11.5. The second kappa shape index (κ2) is 11.7. The fraction of sp³-hybridized carbons (Fsp3) is 0.944. The van der Waals surface area contributed by atoms with Crippen LogP contribution in [0.15, 0.2) is 0 Å². The number of hydrogen-bond acceptors (Lipinski definition) is 6. The third-order valence-electron chi connectivity index (χ3n) is 3.52. The monoisotopic (exact) mass is 364 g/mol. The standard InChI is InChI=1S/C18H36O7/c1-7-18(11-22-8-14(2)19,13-24-10-17(4,5)6)12-23-9-15(3)25-16(20)21/h14-15,19H,7-13H2,1-6H3,(H,20,21). The van der Waals surface area contributed by atoms with Gasteiger partial charge in [0.15, 0.2) is 0 Å². The van der Waals surface area contributed by atoms with E-state index in [0.717, 1.165) is 6.42 Å². The number of carbonyl (C=O) groups is 1. The van der Waals surface area contributed by atoms with E-state index in [4.69, 9.17) is 19.3 Å². The number of rotatable bonds is 13. The lowest BCUT2D eigenvalue weighted by Gasteiger charge is -2.33. The summed E-state index contributed by atoms with van der Waals surface area (Å²) in [5, 5.41) is 18.0. The van der Waals surface area contributed by atoms with Crippen LogP contribution in [0.3, 0.4) is 0 Å². The van der Waals surface area contributed by atoms with Crippen molar-refractivity contribution in [1.29, 1.82) is 0 Å². The molecule has 0 radical (unpaired) electrons. The highest BCUT2D eigenvalue weighted by Crippen LogP contribution is 2.26. The maximum Gasteiger partial charge on any atom is 0.506 e. The number of ether oxygens (including phenoxy) is 4. The Morgan fingerprint density at radius 2 is 1.48 bits per heavy atom. The van der Waals surface area contributed by atoms with Crippen LogP contribution in [0, 0.1) is 10.8 Å². The molecule has 7 heteroatoms. The van der Waals surface area contributed by atoms with Crippen molar-refractivity contribution in [3.05, 3.63) is 0 Å². The van der Waals surface area contributed by atoms with Gasteiger partial charge in [0, 0.05) is 5.41 Å². The third-order valence-corrected chi connectivity index (χ3v) is 3.52. The van der Waals surface area contributed by atoms with Crippen LogP contribution in [0.25, 0.3) is 0 Å². The van der Waals surface area contributed by atoms with E-state index >= 15 is 0 Å². The van der Waals surface area contributed by atoms with Gasteiger partial charge >= 0.3 is 6.16 Å². The molecule has 0 aromatic rings. The molecule has 3 atom stereocenters. The van der Waals surface area contributed by atoms with Gasteiger partial charge in [-0.2, -0.15) is 0 Å². The molecule has 0 aliphatic heterocycles. The van der Waals surface area contributed by atoms with E-state index < -0.39 is 18.4 Å². The van der Waals surface area contributed by atoms with Crippen molar-refractivity contribution in [3.8, 4) is 0 Å². The molecular formula is C18H36O7. The average molecular weight is 364 g/mol. The molecule has 0 aromatic heterocycles. The van der Waals surface area contributed by atoms with Crippen molar-refractivity contribution in [2.24, 2.45) is 10.8 Å². The molecule has 0 aliphatic carbocycles. The van der Waals surface area contributed by atoms with Gasteiger partial charge in [-0.15, -0.1) is 0 Å². The van der Waals surface area contributed by atoms with Gasteiger partial charge in [-0.25, -0.2) is 4.79 Å². The predicted octanol–water partition coefficient (Wildman–Crippen LogP) is 2.94. The zero-order valence-corrected chi connectivity index (χ0v) is 16.5. The lowest BCUT2D eigenvalue weighted by Crippen LogP contribution is -2.39. The first kappa shape index (κ1) is 24.1. The minimum atomic E-state index is -1.31. The summed E-state index contributed by atoms with van der Waals surface area (Å²) >= 11 is 0. The summed E-state index contributed by atoms with van der Waals surface area (Å²) in [6.45, 7) is 13.9. The molecule has 0 aromatic carbocycles. The lowest BCUT2D eigenvalue weighted by molar-refractivity contribution is -0.0982. The highest BCUT2D eigenvalue weighted by Gasteiger charge is 2.31. The molecular weight excluding hydrogens is 328 g/mol. The van der Waals surface area contributed by atoms with Crippen LogP contribution >= 0.6 is 0 Å². The molecule has 0 saturated carbocycles. The largest absolute Gasteiger partial charge is 0.506 e. The number of aliphatic hydroxyl groups excluding tert-OH is 1. The topological polar surface area (TPSA) is 94.5 Å². The summed E-state index contributed by atoms with van der Waals surface area (Å²) < 4.78 is 21.8. The highest BCUT2D eigenvalue weighted by atomic mass is 16.7. The highest BCUT2D eigenvalue weighted by molar-refractivity contribution is 5.57. The molecule has 0 saturated heterocycles. The molecule has 3 unspecified atom stereocenters. The molecule has 0 fully saturated rings. The Kier molecular flexibility index (Phi) is 11.3. The summed E-state index contributed by atoms with van der Waals surface area (Å²) in [5.41, 5.74) is -0.298. The van der Waals surface area contributed by atoms with Crippen molar-refractivity contribution in [2.45, 2.75) is 60.2 Å². The maximum absolute atomic E-state index is 10.5. The number of hydrogen-bond donors (Lipinski definition) is 2. The van der Waals surface area contributed by atoms with E-state index in [0.29, 0.717) is 26.4 Å². The van der Waals surface area contributed by atoms with Crippen LogP contribution in [0.2, 0.25) is 0 Å². The second-order valence-corrected chi connectivity index (χ2v) is 7.98. The van der Waals surface area contributed by atoms with E-state index in [1.54, 1.807) is 13.8 Å².